The minimum absolute atomic E-state index is 0.0592. The fraction of sp³-hybridized carbons (Fsp3) is 0.382. The average Bonchev–Trinajstić information content (AvgIpc) is 3.67. The van der Waals surface area contributed by atoms with E-state index in [4.69, 9.17) is 16.6 Å². The zero-order chi connectivity index (χ0) is 30.0. The molecular formula is C34H38ClN3O3S. The molecule has 1 aliphatic rings. The molecule has 5 rings (SSSR count). The lowest BCUT2D eigenvalue weighted by atomic mass is 9.97. The Bertz CT molecular complexity index is 1620. The van der Waals surface area contributed by atoms with Crippen LogP contribution in [0.15, 0.2) is 58.7 Å². The van der Waals surface area contributed by atoms with Crippen molar-refractivity contribution in [3.63, 3.8) is 0 Å². The number of likely N-dealkylation sites (tertiary alicyclic amines) is 1. The molecule has 8 heteroatoms. The smallest absolute Gasteiger partial charge is 0.265 e. The molecule has 3 heterocycles. The maximum absolute atomic E-state index is 14.6. The van der Waals surface area contributed by atoms with Gasteiger partial charge in [-0.2, -0.15) is 0 Å². The number of benzene rings is 2. The molecule has 1 unspecified atom stereocenters. The second-order valence-corrected chi connectivity index (χ2v) is 12.7. The number of carbonyl (C=O) groups is 1. The standard InChI is InChI=1S/C34H38ClN3O3S/c1-5-23-8-7-9-24(6-2)31(23)38-30(16-21(3)4)27(33(40)37-15-14-22(18-37)19-39)17-28(34(38)41)32-36-29(20-42-32)25-10-12-26(35)13-11-25/h7-13,17,20-22,39H,5-6,14-16,18-19H2,1-4H3. The second kappa shape index (κ2) is 12.9. The van der Waals surface area contributed by atoms with Crippen LogP contribution in [0.25, 0.3) is 27.5 Å². The van der Waals surface area contributed by atoms with Crippen molar-refractivity contribution in [1.82, 2.24) is 14.5 Å². The number of aryl methyl sites for hydroxylation is 2. The first-order valence-electron chi connectivity index (χ1n) is 14.8. The summed E-state index contributed by atoms with van der Waals surface area (Å²) in [6.07, 6.45) is 2.85. The average molecular weight is 604 g/mol. The van der Waals surface area contributed by atoms with Crippen LogP contribution in [-0.4, -0.2) is 45.2 Å². The summed E-state index contributed by atoms with van der Waals surface area (Å²) in [6, 6.07) is 15.4. The van der Waals surface area contributed by atoms with Crippen LogP contribution < -0.4 is 5.56 Å². The molecule has 1 atom stereocenters. The second-order valence-electron chi connectivity index (χ2n) is 11.4. The molecule has 2 aromatic heterocycles. The molecule has 1 saturated heterocycles. The zero-order valence-electron chi connectivity index (χ0n) is 24.7. The Labute approximate surface area is 256 Å². The molecule has 220 valence electrons. The van der Waals surface area contributed by atoms with E-state index in [1.54, 1.807) is 6.07 Å². The van der Waals surface area contributed by atoms with Crippen LogP contribution in [0.3, 0.4) is 0 Å². The molecule has 0 radical (unpaired) electrons. The molecule has 42 heavy (non-hydrogen) atoms. The topological polar surface area (TPSA) is 75.4 Å². The van der Waals surface area contributed by atoms with Crippen molar-refractivity contribution in [3.8, 4) is 27.5 Å². The predicted octanol–water partition coefficient (Wildman–Crippen LogP) is 7.06. The maximum Gasteiger partial charge on any atom is 0.265 e. The Hall–Kier alpha value is -3.26. The number of pyridine rings is 1. The first-order chi connectivity index (χ1) is 20.2. The summed E-state index contributed by atoms with van der Waals surface area (Å²) < 4.78 is 1.82. The number of para-hydroxylation sites is 1. The van der Waals surface area contributed by atoms with Gasteiger partial charge in [0.1, 0.15) is 5.01 Å². The van der Waals surface area contributed by atoms with E-state index < -0.39 is 0 Å². The molecule has 0 aliphatic carbocycles. The van der Waals surface area contributed by atoms with Gasteiger partial charge in [0, 0.05) is 47.3 Å². The highest BCUT2D eigenvalue weighted by molar-refractivity contribution is 7.13. The lowest BCUT2D eigenvalue weighted by Crippen LogP contribution is -2.34. The van der Waals surface area contributed by atoms with Gasteiger partial charge in [-0.05, 0) is 60.9 Å². The number of hydrogen-bond acceptors (Lipinski definition) is 5. The van der Waals surface area contributed by atoms with Crippen LogP contribution in [0.2, 0.25) is 5.02 Å². The quantitative estimate of drug-likeness (QED) is 0.222. The SMILES string of the molecule is CCc1cccc(CC)c1-n1c(CC(C)C)c(C(=O)N2CCC(CO)C2)cc(-c2nc(-c3ccc(Cl)cc3)cs2)c1=O. The van der Waals surface area contributed by atoms with Gasteiger partial charge < -0.3 is 10.0 Å². The zero-order valence-corrected chi connectivity index (χ0v) is 26.3. The lowest BCUT2D eigenvalue weighted by Gasteiger charge is -2.25. The molecule has 0 bridgehead atoms. The molecule has 2 aromatic carbocycles. The van der Waals surface area contributed by atoms with Gasteiger partial charge in [0.25, 0.3) is 11.5 Å². The van der Waals surface area contributed by atoms with Crippen LogP contribution in [0, 0.1) is 11.8 Å². The summed E-state index contributed by atoms with van der Waals surface area (Å²) in [7, 11) is 0. The van der Waals surface area contributed by atoms with Crippen LogP contribution in [0.5, 0.6) is 0 Å². The largest absolute Gasteiger partial charge is 0.396 e. The molecule has 1 amide bonds. The third-order valence-electron chi connectivity index (χ3n) is 8.03. The molecule has 4 aromatic rings. The van der Waals surface area contributed by atoms with Crippen LogP contribution >= 0.6 is 22.9 Å². The minimum Gasteiger partial charge on any atom is -0.396 e. The number of rotatable bonds is 9. The van der Waals surface area contributed by atoms with Crippen molar-refractivity contribution in [1.29, 1.82) is 0 Å². The maximum atomic E-state index is 14.6. The summed E-state index contributed by atoms with van der Waals surface area (Å²) in [5.41, 5.74) is 6.21. The van der Waals surface area contributed by atoms with Gasteiger partial charge in [0.05, 0.1) is 22.5 Å². The lowest BCUT2D eigenvalue weighted by molar-refractivity contribution is 0.0779. The fourth-order valence-corrected chi connectivity index (χ4v) is 6.77. The predicted molar refractivity (Wildman–Crippen MR) is 172 cm³/mol. The molecule has 1 fully saturated rings. The highest BCUT2D eigenvalue weighted by Gasteiger charge is 2.31. The van der Waals surface area contributed by atoms with Gasteiger partial charge in [0.15, 0.2) is 0 Å². The first-order valence-corrected chi connectivity index (χ1v) is 16.0. The number of thiazole rings is 1. The third-order valence-corrected chi connectivity index (χ3v) is 9.16. The number of carbonyl (C=O) groups excluding carboxylic acids is 1. The molecular weight excluding hydrogens is 566 g/mol. The number of hydrogen-bond donors (Lipinski definition) is 1. The van der Waals surface area contributed by atoms with Gasteiger partial charge in [-0.15, -0.1) is 11.3 Å². The number of nitrogens with zero attached hydrogens (tertiary/aromatic N) is 3. The van der Waals surface area contributed by atoms with E-state index in [1.807, 2.05) is 45.2 Å². The van der Waals surface area contributed by atoms with Crippen LogP contribution in [0.1, 0.15) is 61.3 Å². The van der Waals surface area contributed by atoms with Gasteiger partial charge in [0.2, 0.25) is 0 Å². The van der Waals surface area contributed by atoms with Crippen molar-refractivity contribution in [2.24, 2.45) is 11.8 Å². The number of aliphatic hydroxyl groups excluding tert-OH is 1. The Morgan fingerprint density at radius 1 is 1.12 bits per heavy atom. The van der Waals surface area contributed by atoms with E-state index in [0.29, 0.717) is 40.7 Å². The number of halogens is 1. The van der Waals surface area contributed by atoms with E-state index in [2.05, 4.69) is 39.8 Å². The molecule has 1 N–H and O–H groups in total. The minimum atomic E-state index is -0.163. The Kier molecular flexibility index (Phi) is 9.31. The van der Waals surface area contributed by atoms with Crippen molar-refractivity contribution in [2.75, 3.05) is 19.7 Å². The summed E-state index contributed by atoms with van der Waals surface area (Å²) >= 11 is 7.50. The van der Waals surface area contributed by atoms with Gasteiger partial charge in [-0.25, -0.2) is 4.98 Å². The van der Waals surface area contributed by atoms with Gasteiger partial charge in [-0.1, -0.05) is 69.6 Å². The van der Waals surface area contributed by atoms with Crippen molar-refractivity contribution in [2.45, 2.75) is 53.4 Å². The molecule has 0 spiro atoms. The van der Waals surface area contributed by atoms with E-state index in [1.165, 1.54) is 11.3 Å². The monoisotopic (exact) mass is 603 g/mol. The first kappa shape index (κ1) is 30.2. The summed E-state index contributed by atoms with van der Waals surface area (Å²) in [6.45, 7) is 9.57. The molecule has 0 saturated carbocycles. The molecule has 6 nitrogen and oxygen atoms in total. The van der Waals surface area contributed by atoms with Crippen molar-refractivity contribution < 1.29 is 9.90 Å². The van der Waals surface area contributed by atoms with Crippen molar-refractivity contribution in [3.05, 3.63) is 91.7 Å². The summed E-state index contributed by atoms with van der Waals surface area (Å²) in [4.78, 5) is 35.6. The normalized spacial score (nSPS) is 15.1. The van der Waals surface area contributed by atoms with E-state index in [9.17, 15) is 14.7 Å². The number of aliphatic hydroxyl groups is 1. The van der Waals surface area contributed by atoms with Crippen LogP contribution in [0.4, 0.5) is 0 Å². The van der Waals surface area contributed by atoms with E-state index >= 15 is 0 Å². The fourth-order valence-electron chi connectivity index (χ4n) is 5.81. The van der Waals surface area contributed by atoms with Gasteiger partial charge >= 0.3 is 0 Å². The highest BCUT2D eigenvalue weighted by Crippen LogP contribution is 2.32. The van der Waals surface area contributed by atoms with E-state index in [-0.39, 0.29) is 29.9 Å². The van der Waals surface area contributed by atoms with Gasteiger partial charge in [-0.3, -0.25) is 14.2 Å². The van der Waals surface area contributed by atoms with E-state index in [0.717, 1.165) is 53.0 Å². The summed E-state index contributed by atoms with van der Waals surface area (Å²) in [5.74, 6) is 0.187. The highest BCUT2D eigenvalue weighted by atomic mass is 35.5. The number of aromatic nitrogens is 2. The van der Waals surface area contributed by atoms with Crippen LogP contribution in [-0.2, 0) is 19.3 Å². The Morgan fingerprint density at radius 3 is 2.40 bits per heavy atom. The van der Waals surface area contributed by atoms with Crippen molar-refractivity contribution >= 4 is 28.8 Å². The number of amides is 1. The Morgan fingerprint density at radius 2 is 1.81 bits per heavy atom. The molecule has 1 aliphatic heterocycles. The Balaban J connectivity index is 1.78. The third kappa shape index (κ3) is 5.96. The summed E-state index contributed by atoms with van der Waals surface area (Å²) in [5, 5.41) is 12.9.